The smallest absolute Gasteiger partial charge is 0.256 e. The predicted octanol–water partition coefficient (Wildman–Crippen LogP) is 0.885. The summed E-state index contributed by atoms with van der Waals surface area (Å²) in [6.07, 6.45) is 2.92. The molecule has 112 valence electrons. The van der Waals surface area contributed by atoms with Gasteiger partial charge in [0.2, 0.25) is 10.0 Å². The third kappa shape index (κ3) is 2.66. The Morgan fingerprint density at radius 1 is 1.14 bits per heavy atom. The molecule has 0 aliphatic carbocycles. The highest BCUT2D eigenvalue weighted by molar-refractivity contribution is 7.88. The third-order valence-electron chi connectivity index (χ3n) is 3.81. The van der Waals surface area contributed by atoms with Gasteiger partial charge in [-0.1, -0.05) is 18.2 Å². The molecule has 1 aliphatic rings. The topological polar surface area (TPSA) is 73.5 Å². The van der Waals surface area contributed by atoms with Crippen LogP contribution in [0.1, 0.15) is 10.4 Å². The molecule has 1 aromatic heterocycles. The summed E-state index contributed by atoms with van der Waals surface area (Å²) in [7, 11) is -3.17. The second-order valence-electron chi connectivity index (χ2n) is 5.20. The lowest BCUT2D eigenvalue weighted by atomic mass is 10.1. The van der Waals surface area contributed by atoms with E-state index in [0.29, 0.717) is 31.7 Å². The van der Waals surface area contributed by atoms with E-state index >= 15 is 0 Å². The number of H-pyrrole nitrogens is 1. The fourth-order valence-corrected chi connectivity index (χ4v) is 3.47. The van der Waals surface area contributed by atoms with Gasteiger partial charge in [0.15, 0.2) is 0 Å². The number of aromatic amines is 1. The van der Waals surface area contributed by atoms with Gasteiger partial charge < -0.3 is 9.88 Å². The number of aromatic nitrogens is 1. The molecule has 1 amide bonds. The molecule has 0 spiro atoms. The zero-order valence-corrected chi connectivity index (χ0v) is 12.6. The molecule has 0 saturated carbocycles. The zero-order valence-electron chi connectivity index (χ0n) is 11.7. The minimum absolute atomic E-state index is 0.0550. The van der Waals surface area contributed by atoms with Gasteiger partial charge in [0.05, 0.1) is 11.8 Å². The van der Waals surface area contributed by atoms with Gasteiger partial charge in [-0.3, -0.25) is 4.79 Å². The molecule has 0 radical (unpaired) electrons. The van der Waals surface area contributed by atoms with Crippen LogP contribution in [0.15, 0.2) is 30.5 Å². The summed E-state index contributed by atoms with van der Waals surface area (Å²) in [4.78, 5) is 17.4. The van der Waals surface area contributed by atoms with Crippen molar-refractivity contribution in [2.24, 2.45) is 0 Å². The lowest BCUT2D eigenvalue weighted by Crippen LogP contribution is -2.50. The highest BCUT2D eigenvalue weighted by atomic mass is 32.2. The van der Waals surface area contributed by atoms with Crippen LogP contribution in [0.3, 0.4) is 0 Å². The number of carbonyl (C=O) groups is 1. The molecule has 0 atom stereocenters. The molecule has 0 unspecified atom stereocenters. The van der Waals surface area contributed by atoms with Crippen molar-refractivity contribution in [1.82, 2.24) is 14.2 Å². The Morgan fingerprint density at radius 3 is 2.48 bits per heavy atom. The summed E-state index contributed by atoms with van der Waals surface area (Å²) in [6, 6.07) is 7.64. The number of rotatable bonds is 2. The van der Waals surface area contributed by atoms with Crippen molar-refractivity contribution in [1.29, 1.82) is 0 Å². The number of hydrogen-bond acceptors (Lipinski definition) is 3. The van der Waals surface area contributed by atoms with Crippen LogP contribution in [-0.4, -0.2) is 60.9 Å². The summed E-state index contributed by atoms with van der Waals surface area (Å²) in [6.45, 7) is 1.55. The van der Waals surface area contributed by atoms with Crippen LogP contribution < -0.4 is 0 Å². The Balaban J connectivity index is 1.78. The van der Waals surface area contributed by atoms with E-state index in [1.165, 1.54) is 10.6 Å². The van der Waals surface area contributed by atoms with Crippen LogP contribution in [0.4, 0.5) is 0 Å². The fourth-order valence-electron chi connectivity index (χ4n) is 2.64. The van der Waals surface area contributed by atoms with Crippen molar-refractivity contribution >= 4 is 26.8 Å². The number of fused-ring (bicyclic) bond motifs is 1. The third-order valence-corrected chi connectivity index (χ3v) is 5.12. The van der Waals surface area contributed by atoms with Crippen molar-refractivity contribution in [3.05, 3.63) is 36.0 Å². The molecule has 1 N–H and O–H groups in total. The van der Waals surface area contributed by atoms with Crippen molar-refractivity contribution in [2.75, 3.05) is 32.4 Å². The van der Waals surface area contributed by atoms with Crippen LogP contribution in [0.2, 0.25) is 0 Å². The number of amides is 1. The van der Waals surface area contributed by atoms with E-state index in [1.54, 1.807) is 11.1 Å². The number of benzene rings is 1. The Labute approximate surface area is 123 Å². The van der Waals surface area contributed by atoms with E-state index < -0.39 is 10.0 Å². The van der Waals surface area contributed by atoms with Crippen molar-refractivity contribution in [2.45, 2.75) is 0 Å². The molecule has 3 rings (SSSR count). The van der Waals surface area contributed by atoms with E-state index in [1.807, 2.05) is 24.3 Å². The lowest BCUT2D eigenvalue weighted by Gasteiger charge is -2.33. The summed E-state index contributed by atoms with van der Waals surface area (Å²) >= 11 is 0. The van der Waals surface area contributed by atoms with Gasteiger partial charge >= 0.3 is 0 Å². The SMILES string of the molecule is CS(=O)(=O)N1CCN(C(=O)c2c[nH]c3ccccc23)CC1. The number of carbonyl (C=O) groups excluding carboxylic acids is 1. The molecule has 21 heavy (non-hydrogen) atoms. The maximum Gasteiger partial charge on any atom is 0.256 e. The number of piperazine rings is 1. The average molecular weight is 307 g/mol. The molecule has 2 aromatic rings. The zero-order chi connectivity index (χ0) is 15.0. The predicted molar refractivity (Wildman–Crippen MR) is 80.6 cm³/mol. The van der Waals surface area contributed by atoms with Gasteiger partial charge in [-0.2, -0.15) is 4.31 Å². The number of nitrogens with zero attached hydrogens (tertiary/aromatic N) is 2. The Kier molecular flexibility index (Phi) is 3.46. The van der Waals surface area contributed by atoms with Gasteiger partial charge in [-0.05, 0) is 6.07 Å². The molecule has 2 heterocycles. The molecule has 1 fully saturated rings. The maximum atomic E-state index is 12.6. The van der Waals surface area contributed by atoms with Crippen LogP contribution in [-0.2, 0) is 10.0 Å². The molecule has 1 aromatic carbocycles. The maximum absolute atomic E-state index is 12.6. The summed E-state index contributed by atoms with van der Waals surface area (Å²) in [5.74, 6) is -0.0550. The second-order valence-corrected chi connectivity index (χ2v) is 7.18. The summed E-state index contributed by atoms with van der Waals surface area (Å²) in [5, 5.41) is 0.896. The quantitative estimate of drug-likeness (QED) is 0.895. The van der Waals surface area contributed by atoms with E-state index in [0.717, 1.165) is 10.9 Å². The van der Waals surface area contributed by atoms with Gasteiger partial charge in [0, 0.05) is 43.3 Å². The van der Waals surface area contributed by atoms with E-state index in [-0.39, 0.29) is 5.91 Å². The van der Waals surface area contributed by atoms with Crippen LogP contribution >= 0.6 is 0 Å². The first-order valence-corrected chi connectivity index (χ1v) is 8.62. The average Bonchev–Trinajstić information content (AvgIpc) is 2.90. The van der Waals surface area contributed by atoms with Gasteiger partial charge in [0.25, 0.3) is 5.91 Å². The fraction of sp³-hybridized carbons (Fsp3) is 0.357. The normalized spacial score (nSPS) is 17.3. The van der Waals surface area contributed by atoms with Gasteiger partial charge in [0.1, 0.15) is 0 Å². The van der Waals surface area contributed by atoms with Crippen molar-refractivity contribution < 1.29 is 13.2 Å². The Bertz CT molecular complexity index is 774. The van der Waals surface area contributed by atoms with Crippen molar-refractivity contribution in [3.8, 4) is 0 Å². The Morgan fingerprint density at radius 2 is 1.81 bits per heavy atom. The largest absolute Gasteiger partial charge is 0.360 e. The molecule has 6 nitrogen and oxygen atoms in total. The van der Waals surface area contributed by atoms with Crippen LogP contribution in [0.25, 0.3) is 10.9 Å². The molecule has 0 bridgehead atoms. The molecule has 1 aliphatic heterocycles. The number of nitrogens with one attached hydrogen (secondary N) is 1. The van der Waals surface area contributed by atoms with Gasteiger partial charge in [-0.25, -0.2) is 8.42 Å². The van der Waals surface area contributed by atoms with E-state index in [2.05, 4.69) is 4.98 Å². The molecule has 1 saturated heterocycles. The van der Waals surface area contributed by atoms with Crippen molar-refractivity contribution in [3.63, 3.8) is 0 Å². The minimum atomic E-state index is -3.17. The molecular weight excluding hydrogens is 290 g/mol. The monoisotopic (exact) mass is 307 g/mol. The van der Waals surface area contributed by atoms with E-state index in [4.69, 9.17) is 0 Å². The lowest BCUT2D eigenvalue weighted by molar-refractivity contribution is 0.0700. The van der Waals surface area contributed by atoms with Crippen LogP contribution in [0.5, 0.6) is 0 Å². The second kappa shape index (κ2) is 5.16. The minimum Gasteiger partial charge on any atom is -0.360 e. The molecule has 7 heteroatoms. The van der Waals surface area contributed by atoms with Crippen LogP contribution in [0, 0.1) is 0 Å². The van der Waals surface area contributed by atoms with Gasteiger partial charge in [-0.15, -0.1) is 0 Å². The molecular formula is C14H17N3O3S. The summed E-state index contributed by atoms with van der Waals surface area (Å²) < 4.78 is 24.4. The Hall–Kier alpha value is -1.86. The van der Waals surface area contributed by atoms with E-state index in [9.17, 15) is 13.2 Å². The first-order chi connectivity index (χ1) is 9.97. The summed E-state index contributed by atoms with van der Waals surface area (Å²) in [5.41, 5.74) is 1.56. The standard InChI is InChI=1S/C14H17N3O3S/c1-21(19,20)17-8-6-16(7-9-17)14(18)12-10-15-13-5-3-2-4-11(12)13/h2-5,10,15H,6-9H2,1H3. The first-order valence-electron chi connectivity index (χ1n) is 6.77. The highest BCUT2D eigenvalue weighted by Gasteiger charge is 2.27. The highest BCUT2D eigenvalue weighted by Crippen LogP contribution is 2.20. The first kappa shape index (κ1) is 14.1. The number of hydrogen-bond donors (Lipinski definition) is 1. The number of para-hydroxylation sites is 1. The number of sulfonamides is 1.